The Morgan fingerprint density at radius 2 is 1.77 bits per heavy atom. The molecule has 4 N–H and O–H groups in total. The highest BCUT2D eigenvalue weighted by atomic mass is 16.5. The monoisotopic (exact) mass is 191 g/mol. The van der Waals surface area contributed by atoms with Crippen molar-refractivity contribution < 1.29 is 19.7 Å². The Morgan fingerprint density at radius 3 is 2.00 bits per heavy atom. The van der Waals surface area contributed by atoms with Crippen molar-refractivity contribution in [2.45, 2.75) is 26.1 Å². The van der Waals surface area contributed by atoms with E-state index in [1.54, 1.807) is 0 Å². The van der Waals surface area contributed by atoms with E-state index in [1.807, 2.05) is 13.8 Å². The summed E-state index contributed by atoms with van der Waals surface area (Å²) in [5.41, 5.74) is 4.84. The van der Waals surface area contributed by atoms with Gasteiger partial charge in [0.15, 0.2) is 6.10 Å². The average molecular weight is 191 g/mol. The molecule has 0 aromatic carbocycles. The topological polar surface area (TPSA) is 92.8 Å². The van der Waals surface area contributed by atoms with Crippen molar-refractivity contribution in [2.24, 2.45) is 5.73 Å². The fourth-order valence-corrected chi connectivity index (χ4v) is 0.452. The van der Waals surface area contributed by atoms with Gasteiger partial charge in [-0.25, -0.2) is 4.79 Å². The van der Waals surface area contributed by atoms with E-state index in [9.17, 15) is 4.79 Å². The molecule has 0 aliphatic rings. The van der Waals surface area contributed by atoms with E-state index in [0.717, 1.165) is 7.11 Å². The molecule has 0 amide bonds. The van der Waals surface area contributed by atoms with Gasteiger partial charge in [0.1, 0.15) is 6.10 Å². The van der Waals surface area contributed by atoms with Crippen LogP contribution in [-0.4, -0.2) is 35.5 Å². The molecule has 0 spiro atoms. The summed E-state index contributed by atoms with van der Waals surface area (Å²) in [5, 5.41) is 17.8. The van der Waals surface area contributed by atoms with Crippen molar-refractivity contribution in [1.29, 1.82) is 0 Å². The van der Waals surface area contributed by atoms with E-state index in [1.165, 1.54) is 0 Å². The van der Waals surface area contributed by atoms with E-state index in [-0.39, 0.29) is 5.70 Å². The number of methoxy groups -OCH3 is 1. The number of hydrogen-bond acceptors (Lipinski definition) is 5. The first-order valence-corrected chi connectivity index (χ1v) is 3.89. The predicted molar refractivity (Wildman–Crippen MR) is 48.7 cm³/mol. The predicted octanol–water partition coefficient (Wildman–Crippen LogP) is -0.620. The highest BCUT2D eigenvalue weighted by Gasteiger charge is 2.25. The second-order valence-electron chi connectivity index (χ2n) is 1.99. The van der Waals surface area contributed by atoms with Crippen LogP contribution in [0.15, 0.2) is 12.3 Å². The molecular formula is C8H17NO4. The van der Waals surface area contributed by atoms with Gasteiger partial charge in [-0.15, -0.1) is 0 Å². The molecule has 0 rings (SSSR count). The number of aliphatic hydroxyl groups is 2. The molecule has 0 aromatic rings. The Morgan fingerprint density at radius 1 is 1.38 bits per heavy atom. The highest BCUT2D eigenvalue weighted by Crippen LogP contribution is 2.00. The molecule has 78 valence electrons. The van der Waals surface area contributed by atoms with Gasteiger partial charge >= 0.3 is 5.97 Å². The SMILES string of the molecule is C=C(N)[C@H](O)[C@@H](O)C(=O)OC.CC. The molecule has 5 heteroatoms. The first-order valence-electron chi connectivity index (χ1n) is 3.89. The molecule has 0 unspecified atom stereocenters. The summed E-state index contributed by atoms with van der Waals surface area (Å²) in [6.07, 6.45) is -3.13. The van der Waals surface area contributed by atoms with Gasteiger partial charge in [-0.2, -0.15) is 0 Å². The average Bonchev–Trinajstić information content (AvgIpc) is 2.17. The highest BCUT2D eigenvalue weighted by molar-refractivity contribution is 5.75. The molecule has 2 atom stereocenters. The number of nitrogens with two attached hydrogens (primary N) is 1. The van der Waals surface area contributed by atoms with Crippen LogP contribution >= 0.6 is 0 Å². The number of ether oxygens (including phenoxy) is 1. The minimum absolute atomic E-state index is 0.178. The van der Waals surface area contributed by atoms with Crippen LogP contribution in [-0.2, 0) is 9.53 Å². The maximum atomic E-state index is 10.5. The summed E-state index contributed by atoms with van der Waals surface area (Å²) in [6.45, 7) is 7.15. The van der Waals surface area contributed by atoms with Crippen LogP contribution in [0.4, 0.5) is 0 Å². The number of aliphatic hydroxyl groups excluding tert-OH is 2. The zero-order valence-electron chi connectivity index (χ0n) is 8.15. The second kappa shape index (κ2) is 7.57. The van der Waals surface area contributed by atoms with Crippen LogP contribution < -0.4 is 5.73 Å². The van der Waals surface area contributed by atoms with Gasteiger partial charge < -0.3 is 20.7 Å². The molecule has 0 saturated heterocycles. The Kier molecular flexibility index (Phi) is 8.42. The van der Waals surface area contributed by atoms with E-state index in [4.69, 9.17) is 15.9 Å². The summed E-state index contributed by atoms with van der Waals surface area (Å²) in [6, 6.07) is 0. The smallest absolute Gasteiger partial charge is 0.337 e. The lowest BCUT2D eigenvalue weighted by Gasteiger charge is -2.14. The third-order valence-corrected chi connectivity index (χ3v) is 1.12. The van der Waals surface area contributed by atoms with Crippen LogP contribution in [0.3, 0.4) is 0 Å². The van der Waals surface area contributed by atoms with Crippen LogP contribution in [0.2, 0.25) is 0 Å². The Bertz CT molecular complexity index is 170. The summed E-state index contributed by atoms with van der Waals surface area (Å²) >= 11 is 0. The molecule has 0 fully saturated rings. The third-order valence-electron chi connectivity index (χ3n) is 1.12. The summed E-state index contributed by atoms with van der Waals surface area (Å²) in [5.74, 6) is -0.941. The van der Waals surface area contributed by atoms with Crippen molar-refractivity contribution >= 4 is 5.97 Å². The first-order chi connectivity index (χ1) is 6.00. The molecule has 0 bridgehead atoms. The molecule has 0 radical (unpaired) electrons. The third kappa shape index (κ3) is 5.21. The second-order valence-corrected chi connectivity index (χ2v) is 1.99. The number of carbonyl (C=O) groups excluding carboxylic acids is 1. The van der Waals surface area contributed by atoms with E-state index >= 15 is 0 Å². The lowest BCUT2D eigenvalue weighted by molar-refractivity contribution is -0.155. The maximum absolute atomic E-state index is 10.5. The lowest BCUT2D eigenvalue weighted by atomic mass is 10.1. The van der Waals surface area contributed by atoms with Crippen molar-refractivity contribution in [1.82, 2.24) is 0 Å². The fourth-order valence-electron chi connectivity index (χ4n) is 0.452. The van der Waals surface area contributed by atoms with Crippen molar-refractivity contribution in [3.05, 3.63) is 12.3 Å². The molecule has 0 heterocycles. The van der Waals surface area contributed by atoms with Crippen molar-refractivity contribution in [2.75, 3.05) is 7.11 Å². The number of hydrogen-bond donors (Lipinski definition) is 3. The van der Waals surface area contributed by atoms with Crippen LogP contribution in [0.1, 0.15) is 13.8 Å². The summed E-state index contributed by atoms with van der Waals surface area (Å²) < 4.78 is 4.14. The molecular weight excluding hydrogens is 174 g/mol. The largest absolute Gasteiger partial charge is 0.467 e. The molecule has 0 saturated carbocycles. The van der Waals surface area contributed by atoms with E-state index in [0.29, 0.717) is 0 Å². The van der Waals surface area contributed by atoms with Crippen LogP contribution in [0.5, 0.6) is 0 Å². The Hall–Kier alpha value is -1.07. The minimum atomic E-state index is -1.66. The van der Waals surface area contributed by atoms with Crippen molar-refractivity contribution in [3.63, 3.8) is 0 Å². The molecule has 13 heavy (non-hydrogen) atoms. The molecule has 0 aromatic heterocycles. The fraction of sp³-hybridized carbons (Fsp3) is 0.625. The zero-order chi connectivity index (χ0) is 11.0. The van der Waals surface area contributed by atoms with E-state index < -0.39 is 18.2 Å². The Labute approximate surface area is 77.8 Å². The number of rotatable bonds is 3. The summed E-state index contributed by atoms with van der Waals surface area (Å²) in [4.78, 5) is 10.5. The molecule has 0 aliphatic carbocycles. The standard InChI is InChI=1S/C6H11NO4.C2H6/c1-3(7)4(8)5(9)6(10)11-2;1-2/h4-5,8-9H,1,7H2,2H3;1-2H3/t4-,5+;/m0./s1. The van der Waals surface area contributed by atoms with Gasteiger partial charge in [-0.1, -0.05) is 20.4 Å². The van der Waals surface area contributed by atoms with Gasteiger partial charge in [0.2, 0.25) is 0 Å². The minimum Gasteiger partial charge on any atom is -0.467 e. The lowest BCUT2D eigenvalue weighted by Crippen LogP contribution is -2.37. The zero-order valence-corrected chi connectivity index (χ0v) is 8.15. The van der Waals surface area contributed by atoms with Crippen molar-refractivity contribution in [3.8, 4) is 0 Å². The van der Waals surface area contributed by atoms with Gasteiger partial charge in [0, 0.05) is 5.70 Å². The van der Waals surface area contributed by atoms with Gasteiger partial charge in [-0.3, -0.25) is 0 Å². The normalized spacial score (nSPS) is 13.3. The molecule has 5 nitrogen and oxygen atoms in total. The van der Waals surface area contributed by atoms with Crippen LogP contribution in [0, 0.1) is 0 Å². The van der Waals surface area contributed by atoms with Gasteiger partial charge in [0.25, 0.3) is 0 Å². The van der Waals surface area contributed by atoms with Gasteiger partial charge in [0.05, 0.1) is 7.11 Å². The number of carbonyl (C=O) groups is 1. The van der Waals surface area contributed by atoms with E-state index in [2.05, 4.69) is 11.3 Å². The Balaban J connectivity index is 0. The van der Waals surface area contributed by atoms with Crippen LogP contribution in [0.25, 0.3) is 0 Å². The quantitative estimate of drug-likeness (QED) is 0.517. The molecule has 0 aliphatic heterocycles. The van der Waals surface area contributed by atoms with Gasteiger partial charge in [-0.05, 0) is 0 Å². The number of esters is 1. The maximum Gasteiger partial charge on any atom is 0.337 e. The first kappa shape index (κ1) is 14.5. The summed E-state index contributed by atoms with van der Waals surface area (Å²) in [7, 11) is 1.09.